The predicted octanol–water partition coefficient (Wildman–Crippen LogP) is 5.85. The number of nitrogens with zero attached hydrogens (tertiary/aromatic N) is 3. The molecular formula is C23H24IN3OS. The molecular weight excluding hydrogens is 493 g/mol. The smallest absolute Gasteiger partial charge is 0.112 e. The zero-order chi connectivity index (χ0) is 20.6. The Morgan fingerprint density at radius 2 is 1.97 bits per heavy atom. The number of hydrogen-bond donors (Lipinski definition) is 0. The second-order valence-electron chi connectivity index (χ2n) is 6.56. The summed E-state index contributed by atoms with van der Waals surface area (Å²) in [6, 6.07) is 18.4. The van der Waals surface area contributed by atoms with Gasteiger partial charge in [0.1, 0.15) is 10.9 Å². The SMILES string of the molecule is CCc1nc(CCOCc2ccccc2)n(CC)c1Sc1cc(I)cc(C#N)c1. The Morgan fingerprint density at radius 3 is 2.66 bits per heavy atom. The molecule has 2 aromatic carbocycles. The molecule has 0 atom stereocenters. The molecule has 1 aromatic heterocycles. The molecule has 3 aromatic rings. The van der Waals surface area contributed by atoms with E-state index in [1.807, 2.05) is 30.3 Å². The fourth-order valence-electron chi connectivity index (χ4n) is 3.12. The normalized spacial score (nSPS) is 10.8. The van der Waals surface area contributed by atoms with Gasteiger partial charge in [-0.05, 0) is 59.7 Å². The van der Waals surface area contributed by atoms with Crippen LogP contribution in [0.15, 0.2) is 58.5 Å². The fourth-order valence-corrected chi connectivity index (χ4v) is 5.25. The first-order valence-corrected chi connectivity index (χ1v) is 11.6. The van der Waals surface area contributed by atoms with E-state index in [0.29, 0.717) is 18.8 Å². The number of halogens is 1. The highest BCUT2D eigenvalue weighted by Gasteiger charge is 2.17. The van der Waals surface area contributed by atoms with E-state index < -0.39 is 0 Å². The zero-order valence-electron chi connectivity index (χ0n) is 16.7. The summed E-state index contributed by atoms with van der Waals surface area (Å²) in [6.07, 6.45) is 1.66. The average molecular weight is 517 g/mol. The van der Waals surface area contributed by atoms with E-state index in [-0.39, 0.29) is 0 Å². The van der Waals surface area contributed by atoms with E-state index in [4.69, 9.17) is 9.72 Å². The first-order chi connectivity index (χ1) is 14.1. The molecule has 1 heterocycles. The van der Waals surface area contributed by atoms with Gasteiger partial charge in [-0.15, -0.1) is 0 Å². The maximum Gasteiger partial charge on any atom is 0.112 e. The second-order valence-corrected chi connectivity index (χ2v) is 8.86. The van der Waals surface area contributed by atoms with Crippen molar-refractivity contribution in [3.05, 3.63) is 74.7 Å². The Hall–Kier alpha value is -1.82. The molecule has 0 radical (unpaired) electrons. The standard InChI is InChI=1S/C23H24IN3OS/c1-3-21-23(29-20-13-18(15-25)12-19(24)14-20)27(4-2)22(26-21)10-11-28-16-17-8-6-5-7-9-17/h5-9,12-14H,3-4,10-11,16H2,1-2H3. The Balaban J connectivity index is 1.74. The van der Waals surface area contributed by atoms with E-state index in [0.717, 1.165) is 39.4 Å². The van der Waals surface area contributed by atoms with Crippen LogP contribution in [0.5, 0.6) is 0 Å². The van der Waals surface area contributed by atoms with Crippen LogP contribution in [0.4, 0.5) is 0 Å². The zero-order valence-corrected chi connectivity index (χ0v) is 19.7. The van der Waals surface area contributed by atoms with Crippen LogP contribution in [0.2, 0.25) is 0 Å². The largest absolute Gasteiger partial charge is 0.376 e. The van der Waals surface area contributed by atoms with Crippen molar-refractivity contribution in [1.29, 1.82) is 5.26 Å². The summed E-state index contributed by atoms with van der Waals surface area (Å²) in [7, 11) is 0. The van der Waals surface area contributed by atoms with Gasteiger partial charge >= 0.3 is 0 Å². The van der Waals surface area contributed by atoms with Gasteiger partial charge in [-0.1, -0.05) is 49.0 Å². The molecule has 0 aliphatic rings. The van der Waals surface area contributed by atoms with Crippen LogP contribution in [-0.4, -0.2) is 16.2 Å². The van der Waals surface area contributed by atoms with Crippen molar-refractivity contribution < 1.29 is 4.74 Å². The van der Waals surface area contributed by atoms with Crippen molar-refractivity contribution in [2.75, 3.05) is 6.61 Å². The van der Waals surface area contributed by atoms with E-state index in [1.165, 1.54) is 10.6 Å². The number of nitriles is 1. The van der Waals surface area contributed by atoms with Gasteiger partial charge in [-0.25, -0.2) is 4.98 Å². The van der Waals surface area contributed by atoms with Crippen LogP contribution < -0.4 is 0 Å². The Kier molecular flexibility index (Phi) is 8.16. The van der Waals surface area contributed by atoms with Crippen LogP contribution in [0.25, 0.3) is 0 Å². The van der Waals surface area contributed by atoms with Crippen molar-refractivity contribution in [1.82, 2.24) is 9.55 Å². The van der Waals surface area contributed by atoms with Gasteiger partial charge in [0.2, 0.25) is 0 Å². The Morgan fingerprint density at radius 1 is 1.17 bits per heavy atom. The third kappa shape index (κ3) is 5.84. The molecule has 0 unspecified atom stereocenters. The number of aromatic nitrogens is 2. The number of benzene rings is 2. The van der Waals surface area contributed by atoms with Gasteiger partial charge < -0.3 is 9.30 Å². The fraction of sp³-hybridized carbons (Fsp3) is 0.304. The minimum atomic E-state index is 0.620. The molecule has 150 valence electrons. The molecule has 0 saturated heterocycles. The molecule has 0 N–H and O–H groups in total. The highest BCUT2D eigenvalue weighted by Crippen LogP contribution is 2.33. The minimum Gasteiger partial charge on any atom is -0.376 e. The van der Waals surface area contributed by atoms with Crippen LogP contribution >= 0.6 is 34.4 Å². The number of ether oxygens (including phenoxy) is 1. The van der Waals surface area contributed by atoms with Gasteiger partial charge in [0.25, 0.3) is 0 Å². The van der Waals surface area contributed by atoms with E-state index in [1.54, 1.807) is 11.8 Å². The number of imidazole rings is 1. The van der Waals surface area contributed by atoms with Crippen LogP contribution in [0.3, 0.4) is 0 Å². The molecule has 3 rings (SSSR count). The van der Waals surface area contributed by atoms with Crippen molar-refractivity contribution in [2.24, 2.45) is 0 Å². The van der Waals surface area contributed by atoms with Gasteiger partial charge in [0, 0.05) is 21.4 Å². The third-order valence-corrected chi connectivity index (χ3v) is 6.26. The highest BCUT2D eigenvalue weighted by atomic mass is 127. The summed E-state index contributed by atoms with van der Waals surface area (Å²) in [5.41, 5.74) is 2.98. The van der Waals surface area contributed by atoms with Crippen LogP contribution in [0.1, 0.15) is 36.5 Å². The van der Waals surface area contributed by atoms with E-state index >= 15 is 0 Å². The summed E-state index contributed by atoms with van der Waals surface area (Å²) in [4.78, 5) is 5.97. The molecule has 6 heteroatoms. The molecule has 0 saturated carbocycles. The lowest BCUT2D eigenvalue weighted by Crippen LogP contribution is -2.07. The lowest BCUT2D eigenvalue weighted by molar-refractivity contribution is 0.122. The van der Waals surface area contributed by atoms with Crippen molar-refractivity contribution in [3.63, 3.8) is 0 Å². The predicted molar refractivity (Wildman–Crippen MR) is 125 cm³/mol. The van der Waals surface area contributed by atoms with Crippen molar-refractivity contribution in [3.8, 4) is 6.07 Å². The maximum atomic E-state index is 9.27. The summed E-state index contributed by atoms with van der Waals surface area (Å²) in [6.45, 7) is 6.40. The van der Waals surface area contributed by atoms with Gasteiger partial charge in [-0.3, -0.25) is 0 Å². The Bertz CT molecular complexity index is 995. The highest BCUT2D eigenvalue weighted by molar-refractivity contribution is 14.1. The van der Waals surface area contributed by atoms with E-state index in [2.05, 4.69) is 65.3 Å². The molecule has 29 heavy (non-hydrogen) atoms. The van der Waals surface area contributed by atoms with Gasteiger partial charge in [0.05, 0.1) is 30.5 Å². The molecule has 0 aliphatic carbocycles. The monoisotopic (exact) mass is 517 g/mol. The molecule has 0 fully saturated rings. The molecule has 0 aliphatic heterocycles. The molecule has 0 bridgehead atoms. The summed E-state index contributed by atoms with van der Waals surface area (Å²) >= 11 is 3.96. The number of hydrogen-bond acceptors (Lipinski definition) is 4. The van der Waals surface area contributed by atoms with Gasteiger partial charge in [0.15, 0.2) is 0 Å². The van der Waals surface area contributed by atoms with Gasteiger partial charge in [-0.2, -0.15) is 5.26 Å². The lowest BCUT2D eigenvalue weighted by atomic mass is 10.2. The molecule has 4 nitrogen and oxygen atoms in total. The summed E-state index contributed by atoms with van der Waals surface area (Å²) < 4.78 is 9.22. The minimum absolute atomic E-state index is 0.620. The molecule has 0 spiro atoms. The second kappa shape index (κ2) is 10.8. The Labute approximate surface area is 190 Å². The maximum absolute atomic E-state index is 9.27. The number of aryl methyl sites for hydroxylation is 1. The summed E-state index contributed by atoms with van der Waals surface area (Å²) in [5.74, 6) is 1.06. The topological polar surface area (TPSA) is 50.8 Å². The van der Waals surface area contributed by atoms with E-state index in [9.17, 15) is 5.26 Å². The first-order valence-electron chi connectivity index (χ1n) is 9.73. The van der Waals surface area contributed by atoms with Crippen LogP contribution in [0, 0.1) is 14.9 Å². The number of rotatable bonds is 9. The lowest BCUT2D eigenvalue weighted by Gasteiger charge is -2.11. The van der Waals surface area contributed by atoms with Crippen LogP contribution in [-0.2, 0) is 30.7 Å². The average Bonchev–Trinajstić information content (AvgIpc) is 3.07. The quantitative estimate of drug-likeness (QED) is 0.264. The first kappa shape index (κ1) is 21.9. The third-order valence-electron chi connectivity index (χ3n) is 4.52. The summed E-state index contributed by atoms with van der Waals surface area (Å²) in [5, 5.41) is 10.4. The van der Waals surface area contributed by atoms with Crippen molar-refractivity contribution >= 4 is 34.4 Å². The molecule has 0 amide bonds. The van der Waals surface area contributed by atoms with Crippen molar-refractivity contribution in [2.45, 2.75) is 49.8 Å².